The highest BCUT2D eigenvalue weighted by molar-refractivity contribution is 5.94. The molecule has 0 aliphatic heterocycles. The molecule has 2 N–H and O–H groups in total. The van der Waals surface area contributed by atoms with Crippen LogP contribution in [-0.4, -0.2) is 38.7 Å². The van der Waals surface area contributed by atoms with Crippen LogP contribution in [0.2, 0.25) is 0 Å². The van der Waals surface area contributed by atoms with Crippen molar-refractivity contribution in [3.05, 3.63) is 48.2 Å². The third-order valence-corrected chi connectivity index (χ3v) is 3.28. The quantitative estimate of drug-likeness (QED) is 0.847. The summed E-state index contributed by atoms with van der Waals surface area (Å²) in [6.07, 6.45) is 3.55. The van der Waals surface area contributed by atoms with E-state index in [0.717, 1.165) is 0 Å². The number of aliphatic hydroxyl groups is 1. The van der Waals surface area contributed by atoms with Crippen LogP contribution >= 0.6 is 0 Å². The minimum Gasteiger partial charge on any atom is -0.505 e. The lowest BCUT2D eigenvalue weighted by molar-refractivity contribution is 0.0536. The number of carbonyl (C=O) groups excluding carboxylic acids is 1. The van der Waals surface area contributed by atoms with Crippen molar-refractivity contribution in [2.45, 2.75) is 25.9 Å². The zero-order valence-electron chi connectivity index (χ0n) is 11.8. The summed E-state index contributed by atoms with van der Waals surface area (Å²) in [4.78, 5) is 18.0. The Morgan fingerprint density at radius 1 is 1.43 bits per heavy atom. The molecule has 2 aromatic heterocycles. The summed E-state index contributed by atoms with van der Waals surface area (Å²) in [5.74, 6) is -0.0178. The lowest BCUT2D eigenvalue weighted by atomic mass is 10.1. The van der Waals surface area contributed by atoms with Crippen LogP contribution in [0.1, 0.15) is 29.6 Å². The molecule has 0 radical (unpaired) electrons. The Balaban J connectivity index is 2.30. The molecular weight excluding hydrogens is 272 g/mol. The topological polar surface area (TPSA) is 86.8 Å². The van der Waals surface area contributed by atoms with Crippen LogP contribution in [-0.2, 0) is 6.54 Å². The first-order chi connectivity index (χ1) is 10.2. The first-order valence-corrected chi connectivity index (χ1v) is 6.75. The molecule has 1 atom stereocenters. The number of furan rings is 1. The molecule has 0 fully saturated rings. The Kier molecular flexibility index (Phi) is 4.94. The molecule has 0 spiro atoms. The van der Waals surface area contributed by atoms with Crippen LogP contribution in [0.25, 0.3) is 0 Å². The van der Waals surface area contributed by atoms with Gasteiger partial charge in [-0.15, -0.1) is 0 Å². The van der Waals surface area contributed by atoms with E-state index in [4.69, 9.17) is 4.42 Å². The van der Waals surface area contributed by atoms with Gasteiger partial charge in [-0.25, -0.2) is 4.98 Å². The van der Waals surface area contributed by atoms with Crippen molar-refractivity contribution in [3.8, 4) is 5.75 Å². The van der Waals surface area contributed by atoms with E-state index in [1.54, 1.807) is 18.2 Å². The average molecular weight is 290 g/mol. The summed E-state index contributed by atoms with van der Waals surface area (Å²) in [5.41, 5.74) is -0.0315. The van der Waals surface area contributed by atoms with Crippen molar-refractivity contribution >= 4 is 5.91 Å². The highest BCUT2D eigenvalue weighted by Crippen LogP contribution is 2.20. The minimum atomic E-state index is -0.439. The number of hydrogen-bond donors (Lipinski definition) is 2. The molecule has 6 nitrogen and oxygen atoms in total. The SMILES string of the molecule is CC[C@@H](CO)N(Cc1ccco1)C(=O)c1ncccc1O. The Morgan fingerprint density at radius 2 is 2.24 bits per heavy atom. The van der Waals surface area contributed by atoms with Gasteiger partial charge in [0.15, 0.2) is 5.69 Å². The molecule has 21 heavy (non-hydrogen) atoms. The summed E-state index contributed by atoms with van der Waals surface area (Å²) in [6, 6.07) is 6.07. The van der Waals surface area contributed by atoms with Crippen LogP contribution in [0.4, 0.5) is 0 Å². The summed E-state index contributed by atoms with van der Waals surface area (Å²) in [7, 11) is 0. The standard InChI is InChI=1S/C15H18N2O4/c1-2-11(10-18)17(9-12-5-4-8-21-12)15(20)14-13(19)6-3-7-16-14/h3-8,11,18-19H,2,9-10H2,1H3/t11-/m0/s1. The van der Waals surface area contributed by atoms with Gasteiger partial charge >= 0.3 is 0 Å². The first-order valence-electron chi connectivity index (χ1n) is 6.75. The first kappa shape index (κ1) is 15.1. The van der Waals surface area contributed by atoms with Crippen LogP contribution in [0.15, 0.2) is 41.1 Å². The molecule has 2 aromatic rings. The van der Waals surface area contributed by atoms with E-state index in [1.165, 1.54) is 23.4 Å². The van der Waals surface area contributed by atoms with Gasteiger partial charge in [-0.05, 0) is 30.7 Å². The Hall–Kier alpha value is -2.34. The van der Waals surface area contributed by atoms with Gasteiger partial charge in [0, 0.05) is 6.20 Å². The normalized spacial score (nSPS) is 12.1. The van der Waals surface area contributed by atoms with Crippen LogP contribution in [0.5, 0.6) is 5.75 Å². The van der Waals surface area contributed by atoms with Crippen molar-refractivity contribution in [3.63, 3.8) is 0 Å². The monoisotopic (exact) mass is 290 g/mol. The van der Waals surface area contributed by atoms with E-state index >= 15 is 0 Å². The number of hydrogen-bond acceptors (Lipinski definition) is 5. The number of carbonyl (C=O) groups is 1. The molecule has 0 unspecified atom stereocenters. The number of pyridine rings is 1. The maximum Gasteiger partial charge on any atom is 0.277 e. The van der Waals surface area contributed by atoms with Gasteiger partial charge in [0.2, 0.25) is 0 Å². The third-order valence-electron chi connectivity index (χ3n) is 3.28. The predicted molar refractivity (Wildman–Crippen MR) is 75.6 cm³/mol. The largest absolute Gasteiger partial charge is 0.505 e. The molecule has 0 aliphatic carbocycles. The molecule has 2 heterocycles. The van der Waals surface area contributed by atoms with Crippen molar-refractivity contribution < 1.29 is 19.4 Å². The Morgan fingerprint density at radius 3 is 2.81 bits per heavy atom. The Bertz CT molecular complexity index is 579. The van der Waals surface area contributed by atoms with Gasteiger partial charge in [0.05, 0.1) is 25.5 Å². The van der Waals surface area contributed by atoms with Crippen LogP contribution < -0.4 is 0 Å². The number of rotatable bonds is 6. The number of amides is 1. The minimum absolute atomic E-state index is 0.0315. The van der Waals surface area contributed by atoms with E-state index in [0.29, 0.717) is 12.2 Å². The van der Waals surface area contributed by atoms with Crippen molar-refractivity contribution in [1.82, 2.24) is 9.88 Å². The lowest BCUT2D eigenvalue weighted by Gasteiger charge is -2.29. The molecule has 1 amide bonds. The Labute approximate surface area is 122 Å². The molecule has 2 rings (SSSR count). The maximum absolute atomic E-state index is 12.6. The lowest BCUT2D eigenvalue weighted by Crippen LogP contribution is -2.42. The summed E-state index contributed by atoms with van der Waals surface area (Å²) < 4.78 is 5.26. The fourth-order valence-electron chi connectivity index (χ4n) is 2.08. The highest BCUT2D eigenvalue weighted by Gasteiger charge is 2.26. The summed E-state index contributed by atoms with van der Waals surface area (Å²) >= 11 is 0. The fourth-order valence-corrected chi connectivity index (χ4v) is 2.08. The molecule has 0 aromatic carbocycles. The summed E-state index contributed by atoms with van der Waals surface area (Å²) in [5, 5.41) is 19.3. The summed E-state index contributed by atoms with van der Waals surface area (Å²) in [6.45, 7) is 1.92. The van der Waals surface area contributed by atoms with Gasteiger partial charge in [-0.1, -0.05) is 6.92 Å². The second kappa shape index (κ2) is 6.90. The molecule has 112 valence electrons. The van der Waals surface area contributed by atoms with E-state index in [1.807, 2.05) is 6.92 Å². The molecule has 0 saturated carbocycles. The van der Waals surface area contributed by atoms with Crippen molar-refractivity contribution in [2.75, 3.05) is 6.61 Å². The fraction of sp³-hybridized carbons (Fsp3) is 0.333. The molecule has 6 heteroatoms. The van der Waals surface area contributed by atoms with Crippen molar-refractivity contribution in [2.24, 2.45) is 0 Å². The van der Waals surface area contributed by atoms with Crippen LogP contribution in [0, 0.1) is 0 Å². The highest BCUT2D eigenvalue weighted by atomic mass is 16.3. The van der Waals surface area contributed by atoms with Gasteiger partial charge in [0.25, 0.3) is 5.91 Å². The van der Waals surface area contributed by atoms with Gasteiger partial charge < -0.3 is 19.5 Å². The van der Waals surface area contributed by atoms with Gasteiger partial charge in [-0.2, -0.15) is 0 Å². The van der Waals surface area contributed by atoms with E-state index in [-0.39, 0.29) is 30.6 Å². The van der Waals surface area contributed by atoms with E-state index in [9.17, 15) is 15.0 Å². The second-order valence-corrected chi connectivity index (χ2v) is 4.63. The number of nitrogens with zero attached hydrogens (tertiary/aromatic N) is 2. The second-order valence-electron chi connectivity index (χ2n) is 4.63. The zero-order valence-corrected chi connectivity index (χ0v) is 11.8. The molecule has 0 aliphatic rings. The number of aliphatic hydroxyl groups excluding tert-OH is 1. The molecule has 0 bridgehead atoms. The average Bonchev–Trinajstić information content (AvgIpc) is 3.00. The number of aromatic nitrogens is 1. The van der Waals surface area contributed by atoms with Gasteiger partial charge in [0.1, 0.15) is 11.5 Å². The van der Waals surface area contributed by atoms with Crippen molar-refractivity contribution in [1.29, 1.82) is 0 Å². The molecule has 0 saturated heterocycles. The zero-order chi connectivity index (χ0) is 15.2. The van der Waals surface area contributed by atoms with Crippen LogP contribution in [0.3, 0.4) is 0 Å². The van der Waals surface area contributed by atoms with E-state index < -0.39 is 5.91 Å². The molecular formula is C15H18N2O4. The number of aromatic hydroxyl groups is 1. The van der Waals surface area contributed by atoms with E-state index in [2.05, 4.69) is 4.98 Å². The predicted octanol–water partition coefficient (Wildman–Crippen LogP) is 1.79. The smallest absolute Gasteiger partial charge is 0.277 e. The maximum atomic E-state index is 12.6. The third kappa shape index (κ3) is 3.41. The van der Waals surface area contributed by atoms with Gasteiger partial charge in [-0.3, -0.25) is 4.79 Å².